The summed E-state index contributed by atoms with van der Waals surface area (Å²) < 4.78 is 5.25. The first-order valence-electron chi connectivity index (χ1n) is 5.80. The third kappa shape index (κ3) is 2.71. The van der Waals surface area contributed by atoms with Gasteiger partial charge in [-0.15, -0.1) is 0 Å². The van der Waals surface area contributed by atoms with E-state index in [0.717, 1.165) is 19.3 Å². The zero-order chi connectivity index (χ0) is 11.5. The lowest BCUT2D eigenvalue weighted by Crippen LogP contribution is -2.40. The van der Waals surface area contributed by atoms with Gasteiger partial charge < -0.3 is 9.84 Å². The van der Waals surface area contributed by atoms with Crippen molar-refractivity contribution in [1.29, 1.82) is 0 Å². The highest BCUT2D eigenvalue weighted by molar-refractivity contribution is 5.77. The zero-order valence-corrected chi connectivity index (χ0v) is 9.95. The molecule has 0 radical (unpaired) electrons. The van der Waals surface area contributed by atoms with Crippen LogP contribution in [0.3, 0.4) is 0 Å². The predicted molar refractivity (Wildman–Crippen MR) is 58.8 cm³/mol. The van der Waals surface area contributed by atoms with Crippen LogP contribution in [0, 0.1) is 11.8 Å². The molecule has 0 aromatic heterocycles. The van der Waals surface area contributed by atoms with Gasteiger partial charge in [0.25, 0.3) is 0 Å². The standard InChI is InChI=1S/C12H22O3/c1-9(2)10-5-4-7-12(15-3,8-6-10)11(13)14/h9-10H,4-8H2,1-3H3,(H,13,14). The maximum atomic E-state index is 11.2. The van der Waals surface area contributed by atoms with Gasteiger partial charge in [0, 0.05) is 7.11 Å². The monoisotopic (exact) mass is 214 g/mol. The molecule has 15 heavy (non-hydrogen) atoms. The van der Waals surface area contributed by atoms with Crippen LogP contribution in [0.5, 0.6) is 0 Å². The van der Waals surface area contributed by atoms with Crippen LogP contribution in [0.15, 0.2) is 0 Å². The van der Waals surface area contributed by atoms with E-state index in [2.05, 4.69) is 13.8 Å². The second-order valence-electron chi connectivity index (χ2n) is 4.94. The first kappa shape index (κ1) is 12.5. The van der Waals surface area contributed by atoms with Crippen LogP contribution in [-0.4, -0.2) is 23.8 Å². The molecular formula is C12H22O3. The van der Waals surface area contributed by atoms with Crippen molar-refractivity contribution in [3.05, 3.63) is 0 Å². The summed E-state index contributed by atoms with van der Waals surface area (Å²) in [5.41, 5.74) is -0.913. The molecule has 0 spiro atoms. The number of ether oxygens (including phenoxy) is 1. The second kappa shape index (κ2) is 4.97. The Labute approximate surface area is 91.8 Å². The zero-order valence-electron chi connectivity index (χ0n) is 9.95. The number of carbonyl (C=O) groups is 1. The molecule has 0 aromatic rings. The maximum absolute atomic E-state index is 11.2. The van der Waals surface area contributed by atoms with E-state index in [1.807, 2.05) is 0 Å². The van der Waals surface area contributed by atoms with E-state index in [1.54, 1.807) is 0 Å². The van der Waals surface area contributed by atoms with Crippen molar-refractivity contribution in [2.24, 2.45) is 11.8 Å². The highest BCUT2D eigenvalue weighted by Crippen LogP contribution is 2.35. The summed E-state index contributed by atoms with van der Waals surface area (Å²) in [6, 6.07) is 0. The Morgan fingerprint density at radius 1 is 1.40 bits per heavy atom. The average molecular weight is 214 g/mol. The third-order valence-corrected chi connectivity index (χ3v) is 3.80. The minimum Gasteiger partial charge on any atom is -0.479 e. The predicted octanol–water partition coefficient (Wildman–Crippen LogP) is 2.69. The lowest BCUT2D eigenvalue weighted by molar-refractivity contribution is -0.164. The molecule has 2 unspecified atom stereocenters. The molecule has 0 heterocycles. The van der Waals surface area contributed by atoms with Crippen molar-refractivity contribution < 1.29 is 14.6 Å². The molecule has 1 fully saturated rings. The highest BCUT2D eigenvalue weighted by Gasteiger charge is 2.40. The Hall–Kier alpha value is -0.570. The SMILES string of the molecule is COC1(C(=O)O)CCCC(C(C)C)CC1. The molecule has 3 heteroatoms. The molecule has 2 atom stereocenters. The van der Waals surface area contributed by atoms with E-state index < -0.39 is 11.6 Å². The van der Waals surface area contributed by atoms with E-state index in [0.29, 0.717) is 24.7 Å². The topological polar surface area (TPSA) is 46.5 Å². The van der Waals surface area contributed by atoms with Gasteiger partial charge in [-0.2, -0.15) is 0 Å². The molecule has 0 amide bonds. The van der Waals surface area contributed by atoms with Crippen molar-refractivity contribution in [1.82, 2.24) is 0 Å². The summed E-state index contributed by atoms with van der Waals surface area (Å²) in [5, 5.41) is 9.21. The molecule has 0 aromatic carbocycles. The van der Waals surface area contributed by atoms with Crippen LogP contribution in [0.4, 0.5) is 0 Å². The molecule has 1 N–H and O–H groups in total. The molecule has 1 saturated carbocycles. The summed E-state index contributed by atoms with van der Waals surface area (Å²) >= 11 is 0. The summed E-state index contributed by atoms with van der Waals surface area (Å²) in [6.07, 6.45) is 4.38. The fourth-order valence-electron chi connectivity index (χ4n) is 2.51. The first-order valence-corrected chi connectivity index (χ1v) is 5.80. The van der Waals surface area contributed by atoms with Gasteiger partial charge in [-0.25, -0.2) is 4.79 Å². The summed E-state index contributed by atoms with van der Waals surface area (Å²) in [6.45, 7) is 4.43. The normalized spacial score (nSPS) is 32.7. The van der Waals surface area contributed by atoms with Gasteiger partial charge in [0.1, 0.15) is 0 Å². The van der Waals surface area contributed by atoms with Gasteiger partial charge in [0.15, 0.2) is 5.60 Å². The lowest BCUT2D eigenvalue weighted by Gasteiger charge is -2.26. The molecule has 0 saturated heterocycles. The molecule has 1 rings (SSSR count). The second-order valence-corrected chi connectivity index (χ2v) is 4.94. The van der Waals surface area contributed by atoms with Crippen molar-refractivity contribution in [3.8, 4) is 0 Å². The van der Waals surface area contributed by atoms with Gasteiger partial charge in [-0.3, -0.25) is 0 Å². The quantitative estimate of drug-likeness (QED) is 0.735. The molecular weight excluding hydrogens is 192 g/mol. The van der Waals surface area contributed by atoms with Crippen LogP contribution in [0.2, 0.25) is 0 Å². The Bertz CT molecular complexity index is 225. The van der Waals surface area contributed by atoms with Crippen LogP contribution < -0.4 is 0 Å². The van der Waals surface area contributed by atoms with Crippen molar-refractivity contribution >= 4 is 5.97 Å². The van der Waals surface area contributed by atoms with Gasteiger partial charge in [-0.05, 0) is 37.5 Å². The van der Waals surface area contributed by atoms with Crippen LogP contribution in [0.1, 0.15) is 46.0 Å². The summed E-state index contributed by atoms with van der Waals surface area (Å²) in [7, 11) is 1.52. The molecule has 1 aliphatic carbocycles. The molecule has 0 aliphatic heterocycles. The Morgan fingerprint density at radius 2 is 2.07 bits per heavy atom. The van der Waals surface area contributed by atoms with Crippen LogP contribution >= 0.6 is 0 Å². The molecule has 1 aliphatic rings. The average Bonchev–Trinajstić information content (AvgIpc) is 2.40. The van der Waals surface area contributed by atoms with Crippen LogP contribution in [0.25, 0.3) is 0 Å². The van der Waals surface area contributed by atoms with Gasteiger partial charge in [0.2, 0.25) is 0 Å². The van der Waals surface area contributed by atoms with E-state index in [-0.39, 0.29) is 0 Å². The fraction of sp³-hybridized carbons (Fsp3) is 0.917. The van der Waals surface area contributed by atoms with Crippen molar-refractivity contribution in [2.45, 2.75) is 51.6 Å². The fourth-order valence-corrected chi connectivity index (χ4v) is 2.51. The number of hydrogen-bond donors (Lipinski definition) is 1. The number of methoxy groups -OCH3 is 1. The van der Waals surface area contributed by atoms with E-state index >= 15 is 0 Å². The largest absolute Gasteiger partial charge is 0.479 e. The summed E-state index contributed by atoms with van der Waals surface area (Å²) in [5.74, 6) is 0.502. The number of rotatable bonds is 3. The summed E-state index contributed by atoms with van der Waals surface area (Å²) in [4.78, 5) is 11.2. The van der Waals surface area contributed by atoms with Gasteiger partial charge >= 0.3 is 5.97 Å². The lowest BCUT2D eigenvalue weighted by atomic mass is 9.88. The Balaban J connectivity index is 2.69. The molecule has 0 bridgehead atoms. The maximum Gasteiger partial charge on any atom is 0.335 e. The highest BCUT2D eigenvalue weighted by atomic mass is 16.5. The van der Waals surface area contributed by atoms with Crippen molar-refractivity contribution in [2.75, 3.05) is 7.11 Å². The first-order chi connectivity index (χ1) is 7.02. The van der Waals surface area contributed by atoms with E-state index in [4.69, 9.17) is 4.74 Å². The molecule has 88 valence electrons. The van der Waals surface area contributed by atoms with Crippen molar-refractivity contribution in [3.63, 3.8) is 0 Å². The minimum absolute atomic E-state index is 0.645. The van der Waals surface area contributed by atoms with Crippen LogP contribution in [-0.2, 0) is 9.53 Å². The smallest absolute Gasteiger partial charge is 0.335 e. The van der Waals surface area contributed by atoms with Gasteiger partial charge in [-0.1, -0.05) is 20.3 Å². The number of carboxylic acids is 1. The number of hydrogen-bond acceptors (Lipinski definition) is 2. The Morgan fingerprint density at radius 3 is 2.53 bits per heavy atom. The van der Waals surface area contributed by atoms with E-state index in [1.165, 1.54) is 7.11 Å². The van der Waals surface area contributed by atoms with Gasteiger partial charge in [0.05, 0.1) is 0 Å². The Kier molecular flexibility index (Phi) is 4.14. The minimum atomic E-state index is -0.913. The number of aliphatic carboxylic acids is 1. The number of carboxylic acid groups (broad SMARTS) is 1. The third-order valence-electron chi connectivity index (χ3n) is 3.80. The molecule has 3 nitrogen and oxygen atoms in total. The van der Waals surface area contributed by atoms with E-state index in [9.17, 15) is 9.90 Å².